The minimum absolute atomic E-state index is 0.220. The van der Waals surface area contributed by atoms with Crippen LogP contribution in [0.4, 0.5) is 0 Å². The zero-order chi connectivity index (χ0) is 16.8. The number of ether oxygens (including phenoxy) is 2. The Kier molecular flexibility index (Phi) is 5.67. The van der Waals surface area contributed by atoms with Crippen LogP contribution in [0, 0.1) is 6.92 Å². The number of pyridine rings is 1. The first-order valence-electron chi connectivity index (χ1n) is 7.27. The number of aromatic amines is 1. The molecule has 0 bridgehead atoms. The van der Waals surface area contributed by atoms with Gasteiger partial charge >= 0.3 is 0 Å². The molecule has 1 aromatic heterocycles. The predicted molar refractivity (Wildman–Crippen MR) is 79.3 cm³/mol. The van der Waals surface area contributed by atoms with Crippen molar-refractivity contribution in [1.82, 2.24) is 0 Å². The van der Waals surface area contributed by atoms with Gasteiger partial charge < -0.3 is 24.5 Å². The van der Waals surface area contributed by atoms with Crippen LogP contribution in [0.15, 0.2) is 36.5 Å². The number of aryl methyl sites for hydroxylation is 1. The van der Waals surface area contributed by atoms with E-state index in [-0.39, 0.29) is 11.3 Å². The van der Waals surface area contributed by atoms with Crippen LogP contribution in [0.5, 0.6) is 5.75 Å². The van der Waals surface area contributed by atoms with Crippen molar-refractivity contribution in [1.29, 1.82) is 0 Å². The summed E-state index contributed by atoms with van der Waals surface area (Å²) in [4.78, 5) is 13.1. The van der Waals surface area contributed by atoms with Gasteiger partial charge in [0.05, 0.1) is 23.7 Å². The fraction of sp³-hybridized carbons (Fsp3) is 0.294. The summed E-state index contributed by atoms with van der Waals surface area (Å²) in [5.41, 5.74) is 2.69. The molecule has 1 aliphatic rings. The minimum atomic E-state index is -1.13. The van der Waals surface area contributed by atoms with E-state index in [4.69, 9.17) is 9.47 Å². The van der Waals surface area contributed by atoms with Crippen LogP contribution in [-0.4, -0.2) is 17.7 Å². The third-order valence-corrected chi connectivity index (χ3v) is 3.37. The van der Waals surface area contributed by atoms with Crippen molar-refractivity contribution in [2.45, 2.75) is 26.7 Å². The van der Waals surface area contributed by atoms with E-state index in [1.807, 2.05) is 20.0 Å². The average molecular weight is 317 g/mol. The fourth-order valence-corrected chi connectivity index (χ4v) is 2.18. The van der Waals surface area contributed by atoms with Crippen molar-refractivity contribution in [3.8, 4) is 5.75 Å². The van der Waals surface area contributed by atoms with Gasteiger partial charge in [-0.2, -0.15) is 0 Å². The molecule has 6 heteroatoms. The number of aromatic hydroxyl groups is 1. The van der Waals surface area contributed by atoms with Gasteiger partial charge in [0.15, 0.2) is 18.2 Å². The van der Waals surface area contributed by atoms with Crippen molar-refractivity contribution in [2.24, 2.45) is 0 Å². The number of nitrogens with one attached hydrogen (secondary N) is 1. The van der Waals surface area contributed by atoms with Crippen molar-refractivity contribution >= 4 is 5.97 Å². The third-order valence-electron chi connectivity index (χ3n) is 3.37. The van der Waals surface area contributed by atoms with Crippen LogP contribution >= 0.6 is 0 Å². The number of aromatic nitrogens is 1. The molecule has 0 saturated carbocycles. The molecule has 1 aliphatic heterocycles. The largest absolute Gasteiger partial charge is 0.545 e. The standard InChI is InChI=1S/C10H13NO3.C7H6O2/c1-3-13-10-8-7(5-14-10)4-11-6(2)9(8)12;8-7(9)6-4-2-1-3-5-6/h4,10,12H,3,5H2,1-2H3;1-5H,(H,8,9). The molecule has 0 aliphatic carbocycles. The number of carboxylic acid groups (broad SMARTS) is 1. The van der Waals surface area contributed by atoms with E-state index in [0.29, 0.717) is 13.2 Å². The highest BCUT2D eigenvalue weighted by molar-refractivity contribution is 5.85. The molecule has 6 nitrogen and oxygen atoms in total. The van der Waals surface area contributed by atoms with E-state index >= 15 is 0 Å². The Balaban J connectivity index is 0.000000185. The van der Waals surface area contributed by atoms with Crippen LogP contribution in [0.25, 0.3) is 0 Å². The number of aromatic carboxylic acids is 1. The molecule has 122 valence electrons. The Labute approximate surface area is 134 Å². The molecule has 2 aromatic rings. The Morgan fingerprint density at radius 2 is 2.13 bits per heavy atom. The van der Waals surface area contributed by atoms with E-state index in [2.05, 4.69) is 4.98 Å². The average Bonchev–Trinajstić information content (AvgIpc) is 2.96. The van der Waals surface area contributed by atoms with Crippen LogP contribution < -0.4 is 10.1 Å². The van der Waals surface area contributed by atoms with Gasteiger partial charge in [0.2, 0.25) is 5.69 Å². The molecular weight excluding hydrogens is 298 g/mol. The lowest BCUT2D eigenvalue weighted by Gasteiger charge is -2.11. The number of fused-ring (bicyclic) bond motifs is 1. The van der Waals surface area contributed by atoms with Gasteiger partial charge in [-0.25, -0.2) is 4.98 Å². The maximum absolute atomic E-state index is 10.1. The summed E-state index contributed by atoms with van der Waals surface area (Å²) in [5, 5.41) is 19.9. The van der Waals surface area contributed by atoms with Gasteiger partial charge in [0, 0.05) is 13.5 Å². The molecule has 1 aromatic carbocycles. The second kappa shape index (κ2) is 7.71. The fourth-order valence-electron chi connectivity index (χ4n) is 2.18. The number of H-pyrrole nitrogens is 1. The molecule has 1 unspecified atom stereocenters. The molecule has 0 saturated heterocycles. The van der Waals surface area contributed by atoms with Crippen molar-refractivity contribution in [3.63, 3.8) is 0 Å². The minimum Gasteiger partial charge on any atom is -0.545 e. The SMILES string of the molecule is CCOC1OCc2c[nH+]c(C)c(O)c21.O=C([O-])c1ccccc1. The number of carbonyl (C=O) groups excluding carboxylic acids is 1. The highest BCUT2D eigenvalue weighted by Gasteiger charge is 2.30. The molecule has 0 spiro atoms. The van der Waals surface area contributed by atoms with Gasteiger partial charge in [-0.1, -0.05) is 30.3 Å². The number of carbonyl (C=O) groups is 1. The van der Waals surface area contributed by atoms with Gasteiger partial charge in [-0.15, -0.1) is 0 Å². The zero-order valence-corrected chi connectivity index (χ0v) is 13.0. The normalized spacial score (nSPS) is 15.5. The molecule has 3 rings (SSSR count). The zero-order valence-electron chi connectivity index (χ0n) is 13.0. The highest BCUT2D eigenvalue weighted by Crippen LogP contribution is 2.37. The van der Waals surface area contributed by atoms with Gasteiger partial charge in [-0.3, -0.25) is 0 Å². The van der Waals surface area contributed by atoms with E-state index in [0.717, 1.165) is 16.8 Å². The van der Waals surface area contributed by atoms with Crippen molar-refractivity contribution in [3.05, 3.63) is 58.9 Å². The summed E-state index contributed by atoms with van der Waals surface area (Å²) in [6, 6.07) is 8.06. The molecule has 2 N–H and O–H groups in total. The highest BCUT2D eigenvalue weighted by atomic mass is 16.7. The summed E-state index contributed by atoms with van der Waals surface area (Å²) in [6.07, 6.45) is 1.44. The first-order chi connectivity index (χ1) is 11.0. The quantitative estimate of drug-likeness (QED) is 0.916. The van der Waals surface area contributed by atoms with E-state index in [1.165, 1.54) is 12.1 Å². The molecule has 0 fully saturated rings. The molecule has 0 amide bonds. The number of rotatable bonds is 3. The maximum Gasteiger partial charge on any atom is 0.219 e. The van der Waals surface area contributed by atoms with Crippen LogP contribution in [0.2, 0.25) is 0 Å². The van der Waals surface area contributed by atoms with E-state index in [1.54, 1.807) is 18.2 Å². The number of carboxylic acids is 1. The number of hydrogen-bond donors (Lipinski definition) is 1. The molecule has 1 atom stereocenters. The maximum atomic E-state index is 10.1. The van der Waals surface area contributed by atoms with Gasteiger partial charge in [-0.05, 0) is 12.5 Å². The number of hydrogen-bond acceptors (Lipinski definition) is 5. The van der Waals surface area contributed by atoms with E-state index in [9.17, 15) is 15.0 Å². The summed E-state index contributed by atoms with van der Waals surface area (Å²) in [5.74, 6) is -0.881. The summed E-state index contributed by atoms with van der Waals surface area (Å²) >= 11 is 0. The summed E-state index contributed by atoms with van der Waals surface area (Å²) < 4.78 is 10.8. The van der Waals surface area contributed by atoms with Crippen LogP contribution in [0.3, 0.4) is 0 Å². The Morgan fingerprint density at radius 3 is 2.70 bits per heavy atom. The summed E-state index contributed by atoms with van der Waals surface area (Å²) in [7, 11) is 0. The molecule has 2 heterocycles. The van der Waals surface area contributed by atoms with Crippen LogP contribution in [-0.2, 0) is 16.1 Å². The molecule has 0 radical (unpaired) electrons. The Morgan fingerprint density at radius 1 is 1.43 bits per heavy atom. The Hall–Kier alpha value is -2.44. The lowest BCUT2D eigenvalue weighted by Crippen LogP contribution is -2.21. The van der Waals surface area contributed by atoms with Gasteiger partial charge in [0.1, 0.15) is 0 Å². The smallest absolute Gasteiger partial charge is 0.219 e. The first kappa shape index (κ1) is 16.9. The van der Waals surface area contributed by atoms with Gasteiger partial charge in [0.25, 0.3) is 0 Å². The molecular formula is C17H19NO5. The van der Waals surface area contributed by atoms with E-state index < -0.39 is 12.3 Å². The molecule has 23 heavy (non-hydrogen) atoms. The van der Waals surface area contributed by atoms with Crippen LogP contribution in [0.1, 0.15) is 40.4 Å². The third kappa shape index (κ3) is 4.06. The topological polar surface area (TPSA) is 93.0 Å². The number of benzene rings is 1. The monoisotopic (exact) mass is 317 g/mol. The van der Waals surface area contributed by atoms with Crippen molar-refractivity contribution in [2.75, 3.05) is 6.61 Å². The lowest BCUT2D eigenvalue weighted by atomic mass is 10.1. The summed E-state index contributed by atoms with van der Waals surface area (Å²) in [6.45, 7) is 4.78. The second-order valence-corrected chi connectivity index (χ2v) is 4.95. The predicted octanol–water partition coefficient (Wildman–Crippen LogP) is 1.13. The Bertz CT molecular complexity index is 670. The second-order valence-electron chi connectivity index (χ2n) is 4.95. The van der Waals surface area contributed by atoms with Crippen molar-refractivity contribution < 1.29 is 29.5 Å². The lowest BCUT2D eigenvalue weighted by molar-refractivity contribution is -0.389. The first-order valence-corrected chi connectivity index (χ1v) is 7.27.